The number of carbonyl (C=O) groups is 1. The van der Waals surface area contributed by atoms with Gasteiger partial charge >= 0.3 is 6.03 Å². The van der Waals surface area contributed by atoms with Gasteiger partial charge in [-0.2, -0.15) is 0 Å². The number of piperidine rings is 1. The number of carbonyl (C=O) groups excluding carboxylic acids is 1. The predicted molar refractivity (Wildman–Crippen MR) is 104 cm³/mol. The van der Waals surface area contributed by atoms with E-state index in [9.17, 15) is 9.90 Å². The number of hydrogen-bond acceptors (Lipinski definition) is 3. The van der Waals surface area contributed by atoms with Crippen LogP contribution in [0.2, 0.25) is 0 Å². The van der Waals surface area contributed by atoms with Crippen LogP contribution >= 0.6 is 0 Å². The Bertz CT molecular complexity index is 702. The minimum Gasteiger partial charge on any atom is -0.388 e. The summed E-state index contributed by atoms with van der Waals surface area (Å²) >= 11 is 0. The maximum atomic E-state index is 12.5. The summed E-state index contributed by atoms with van der Waals surface area (Å²) in [4.78, 5) is 18.3. The number of nitrogens with one attached hydrogen (secondary N) is 1. The molecule has 1 aliphatic heterocycles. The van der Waals surface area contributed by atoms with E-state index in [2.05, 4.69) is 30.2 Å². The van der Waals surface area contributed by atoms with E-state index in [-0.39, 0.29) is 6.03 Å². The quantitative estimate of drug-likeness (QED) is 0.781. The molecule has 1 saturated heterocycles. The molecule has 148 valence electrons. The van der Waals surface area contributed by atoms with Crippen LogP contribution in [-0.4, -0.2) is 50.8 Å². The third-order valence-corrected chi connectivity index (χ3v) is 7.29. The zero-order valence-corrected chi connectivity index (χ0v) is 16.5. The summed E-state index contributed by atoms with van der Waals surface area (Å²) < 4.78 is 1.90. The van der Waals surface area contributed by atoms with Gasteiger partial charge in [-0.1, -0.05) is 25.5 Å². The van der Waals surface area contributed by atoms with Crippen molar-refractivity contribution in [2.24, 2.45) is 17.3 Å². The van der Waals surface area contributed by atoms with Crippen molar-refractivity contribution in [1.82, 2.24) is 19.8 Å². The number of amides is 2. The predicted octanol–water partition coefficient (Wildman–Crippen LogP) is 2.80. The fourth-order valence-electron chi connectivity index (χ4n) is 5.19. The lowest BCUT2D eigenvalue weighted by molar-refractivity contribution is -0.0257. The Morgan fingerprint density at radius 2 is 2.15 bits per heavy atom. The Morgan fingerprint density at radius 3 is 2.78 bits per heavy atom. The van der Waals surface area contributed by atoms with E-state index in [0.29, 0.717) is 50.4 Å². The molecular weight excluding hydrogens is 340 g/mol. The molecule has 2 fully saturated rings. The molecule has 0 spiro atoms. The summed E-state index contributed by atoms with van der Waals surface area (Å²) in [6, 6.07) is 0.00170. The van der Waals surface area contributed by atoms with Crippen molar-refractivity contribution < 1.29 is 9.90 Å². The van der Waals surface area contributed by atoms with Crippen LogP contribution in [0.1, 0.15) is 46.0 Å². The highest BCUT2D eigenvalue weighted by Crippen LogP contribution is 2.59. The average Bonchev–Trinajstić information content (AvgIpc) is 3.14. The highest BCUT2D eigenvalue weighted by atomic mass is 16.3. The van der Waals surface area contributed by atoms with Crippen molar-refractivity contribution in [1.29, 1.82) is 0 Å². The second kappa shape index (κ2) is 6.97. The number of aromatic nitrogens is 2. The molecule has 2 heterocycles. The SMILES string of the molecule is CC1(C)C2CC=C(CCNC(=O)N3CCC(O)(Cn4ccnc4)CC3)C1C2. The second-order valence-electron chi connectivity index (χ2n) is 9.25. The maximum Gasteiger partial charge on any atom is 0.317 e. The second-order valence-corrected chi connectivity index (χ2v) is 9.25. The fourth-order valence-corrected chi connectivity index (χ4v) is 5.19. The molecule has 2 N–H and O–H groups in total. The molecule has 2 amide bonds. The van der Waals surface area contributed by atoms with Gasteiger partial charge < -0.3 is 19.9 Å². The molecule has 6 heteroatoms. The smallest absolute Gasteiger partial charge is 0.317 e. The third kappa shape index (κ3) is 3.64. The minimum atomic E-state index is -0.753. The Balaban J connectivity index is 1.20. The van der Waals surface area contributed by atoms with Gasteiger partial charge in [0.1, 0.15) is 0 Å². The highest BCUT2D eigenvalue weighted by Gasteiger charge is 2.50. The molecule has 1 saturated carbocycles. The van der Waals surface area contributed by atoms with Crippen LogP contribution in [0.5, 0.6) is 0 Å². The van der Waals surface area contributed by atoms with Gasteiger partial charge in [0.15, 0.2) is 0 Å². The van der Waals surface area contributed by atoms with Crippen LogP contribution in [0.25, 0.3) is 0 Å². The highest BCUT2D eigenvalue weighted by molar-refractivity contribution is 5.74. The number of rotatable bonds is 5. The van der Waals surface area contributed by atoms with Gasteiger partial charge in [0.2, 0.25) is 0 Å². The number of aliphatic hydroxyl groups is 1. The van der Waals surface area contributed by atoms with E-state index in [1.165, 1.54) is 18.4 Å². The third-order valence-electron chi connectivity index (χ3n) is 7.29. The summed E-state index contributed by atoms with van der Waals surface area (Å²) in [5, 5.41) is 13.8. The molecule has 0 aromatic carbocycles. The first-order chi connectivity index (χ1) is 12.9. The van der Waals surface area contributed by atoms with Crippen LogP contribution in [0.15, 0.2) is 30.4 Å². The zero-order chi connectivity index (χ0) is 19.1. The van der Waals surface area contributed by atoms with Crippen LogP contribution in [0, 0.1) is 17.3 Å². The van der Waals surface area contributed by atoms with Crippen LogP contribution in [0.3, 0.4) is 0 Å². The first kappa shape index (κ1) is 18.5. The van der Waals surface area contributed by atoms with Crippen LogP contribution in [0.4, 0.5) is 4.79 Å². The van der Waals surface area contributed by atoms with E-state index in [1.807, 2.05) is 15.7 Å². The summed E-state index contributed by atoms with van der Waals surface area (Å²) in [5.41, 5.74) is 1.23. The molecule has 0 radical (unpaired) electrons. The van der Waals surface area contributed by atoms with Crippen molar-refractivity contribution >= 4 is 6.03 Å². The van der Waals surface area contributed by atoms with Crippen LogP contribution in [-0.2, 0) is 6.54 Å². The number of hydrogen-bond donors (Lipinski definition) is 2. The molecule has 1 aromatic heterocycles. The topological polar surface area (TPSA) is 70.4 Å². The molecule has 1 aromatic rings. The molecular formula is C21H32N4O2. The Morgan fingerprint density at radius 1 is 1.37 bits per heavy atom. The van der Waals surface area contributed by atoms with Gasteiger partial charge in [0.25, 0.3) is 0 Å². The summed E-state index contributed by atoms with van der Waals surface area (Å²) in [6.07, 6.45) is 12.4. The van der Waals surface area contributed by atoms with Gasteiger partial charge in [0, 0.05) is 32.0 Å². The summed E-state index contributed by atoms with van der Waals surface area (Å²) in [7, 11) is 0. The van der Waals surface area contributed by atoms with Gasteiger partial charge in [-0.05, 0) is 49.4 Å². The number of imidazole rings is 1. The summed E-state index contributed by atoms with van der Waals surface area (Å²) in [6.45, 7) is 7.20. The average molecular weight is 373 g/mol. The van der Waals surface area contributed by atoms with E-state index in [4.69, 9.17) is 0 Å². The van der Waals surface area contributed by atoms with Crippen molar-refractivity contribution in [3.63, 3.8) is 0 Å². The van der Waals surface area contributed by atoms with Gasteiger partial charge in [-0.15, -0.1) is 0 Å². The zero-order valence-electron chi connectivity index (χ0n) is 16.5. The monoisotopic (exact) mass is 372 g/mol. The minimum absolute atomic E-state index is 0.00170. The molecule has 5 rings (SSSR count). The van der Waals surface area contributed by atoms with E-state index in [1.54, 1.807) is 12.5 Å². The molecule has 2 atom stereocenters. The molecule has 6 nitrogen and oxygen atoms in total. The van der Waals surface area contributed by atoms with E-state index in [0.717, 1.165) is 12.3 Å². The molecule has 2 unspecified atom stereocenters. The van der Waals surface area contributed by atoms with Crippen molar-refractivity contribution in [2.45, 2.75) is 58.1 Å². The standard InChI is InChI=1S/C21H32N4O2/c1-20(2)17-4-3-16(18(20)13-17)5-8-23-19(26)25-10-6-21(27,7-11-25)14-24-12-9-22-15-24/h3,9,12,15,17-18,27H,4-8,10-11,13-14H2,1-2H3,(H,23,26). The fraction of sp³-hybridized carbons (Fsp3) is 0.714. The largest absolute Gasteiger partial charge is 0.388 e. The normalized spacial score (nSPS) is 28.3. The molecule has 27 heavy (non-hydrogen) atoms. The molecule has 2 bridgehead atoms. The van der Waals surface area contributed by atoms with Gasteiger partial charge in [-0.3, -0.25) is 0 Å². The number of likely N-dealkylation sites (tertiary alicyclic amines) is 1. The maximum absolute atomic E-state index is 12.5. The number of nitrogens with zero attached hydrogens (tertiary/aromatic N) is 3. The van der Waals surface area contributed by atoms with Crippen molar-refractivity contribution in [3.05, 3.63) is 30.4 Å². The van der Waals surface area contributed by atoms with E-state index >= 15 is 0 Å². The van der Waals surface area contributed by atoms with Crippen LogP contribution < -0.4 is 5.32 Å². The Hall–Kier alpha value is -1.82. The van der Waals surface area contributed by atoms with Crippen molar-refractivity contribution in [2.75, 3.05) is 19.6 Å². The number of urea groups is 1. The van der Waals surface area contributed by atoms with Crippen molar-refractivity contribution in [3.8, 4) is 0 Å². The molecule has 3 aliphatic carbocycles. The lowest BCUT2D eigenvalue weighted by Crippen LogP contribution is -2.51. The van der Waals surface area contributed by atoms with Gasteiger partial charge in [-0.25, -0.2) is 9.78 Å². The van der Waals surface area contributed by atoms with Gasteiger partial charge in [0.05, 0.1) is 18.5 Å². The molecule has 4 aliphatic rings. The number of fused-ring (bicyclic) bond motifs is 1. The Labute approximate surface area is 161 Å². The first-order valence-corrected chi connectivity index (χ1v) is 10.3. The first-order valence-electron chi connectivity index (χ1n) is 10.3. The lowest BCUT2D eigenvalue weighted by Gasteiger charge is -2.56. The Kier molecular flexibility index (Phi) is 4.78. The van der Waals surface area contributed by atoms with E-state index < -0.39 is 5.60 Å². The summed E-state index contributed by atoms with van der Waals surface area (Å²) in [5.74, 6) is 1.57. The number of allylic oxidation sites excluding steroid dienone is 1. The lowest BCUT2D eigenvalue weighted by atomic mass is 9.48.